The number of ether oxygens (including phenoxy) is 1. The largest absolute Gasteiger partial charge is 0.494 e. The molecule has 2 aromatic carbocycles. The van der Waals surface area contributed by atoms with Crippen molar-refractivity contribution in [3.05, 3.63) is 65.2 Å². The molecule has 0 radical (unpaired) electrons. The lowest BCUT2D eigenvalue weighted by Crippen LogP contribution is -2.20. The number of aromatic nitrogens is 3. The highest BCUT2D eigenvalue weighted by Gasteiger charge is 2.23. The van der Waals surface area contributed by atoms with Crippen LogP contribution in [-0.4, -0.2) is 33.2 Å². The molecule has 1 aliphatic rings. The molecule has 1 aliphatic carbocycles. The number of pyridine rings is 1. The Bertz CT molecular complexity index is 1270. The smallest absolute Gasteiger partial charge is 0.263 e. The van der Waals surface area contributed by atoms with Gasteiger partial charge in [0.15, 0.2) is 0 Å². The van der Waals surface area contributed by atoms with Gasteiger partial charge in [-0.2, -0.15) is 5.10 Å². The van der Waals surface area contributed by atoms with Gasteiger partial charge in [-0.1, -0.05) is 18.2 Å². The van der Waals surface area contributed by atoms with E-state index in [9.17, 15) is 9.90 Å². The Morgan fingerprint density at radius 3 is 2.67 bits per heavy atom. The van der Waals surface area contributed by atoms with Crippen molar-refractivity contribution in [1.82, 2.24) is 14.3 Å². The van der Waals surface area contributed by atoms with Gasteiger partial charge in [0.05, 0.1) is 24.4 Å². The standard InChI is InChI=1S/C24H25N3O3/c1-30-23-13-21-18(14-27(25-21)19-8-6-16(15-28)7-9-19)12-22(23)26-11-10-17-4-2-3-5-20(17)24(26)29/h2-5,10-14,16,19,28H,6-9,15H2,1H3. The van der Waals surface area contributed by atoms with E-state index in [2.05, 4.69) is 6.20 Å². The first-order valence-electron chi connectivity index (χ1n) is 10.5. The minimum atomic E-state index is -0.0690. The average molecular weight is 403 g/mol. The average Bonchev–Trinajstić information content (AvgIpc) is 3.22. The summed E-state index contributed by atoms with van der Waals surface area (Å²) < 4.78 is 9.31. The number of benzene rings is 2. The summed E-state index contributed by atoms with van der Waals surface area (Å²) in [7, 11) is 1.61. The summed E-state index contributed by atoms with van der Waals surface area (Å²) in [5.74, 6) is 1.03. The highest BCUT2D eigenvalue weighted by atomic mass is 16.5. The van der Waals surface area contributed by atoms with E-state index >= 15 is 0 Å². The SMILES string of the molecule is COc1cc2nn(C3CCC(CO)CC3)cc2cc1-n1ccc2ccccc2c1=O. The number of aliphatic hydroxyl groups excluding tert-OH is 1. The minimum Gasteiger partial charge on any atom is -0.494 e. The molecule has 1 saturated carbocycles. The number of aliphatic hydroxyl groups is 1. The molecular weight excluding hydrogens is 378 g/mol. The zero-order valence-corrected chi connectivity index (χ0v) is 17.0. The second-order valence-electron chi connectivity index (χ2n) is 8.13. The van der Waals surface area contributed by atoms with E-state index in [0.29, 0.717) is 28.8 Å². The highest BCUT2D eigenvalue weighted by molar-refractivity contribution is 5.85. The van der Waals surface area contributed by atoms with Crippen molar-refractivity contribution in [2.24, 2.45) is 5.92 Å². The lowest BCUT2D eigenvalue weighted by atomic mass is 9.87. The molecule has 0 aliphatic heterocycles. The first-order valence-corrected chi connectivity index (χ1v) is 10.5. The quantitative estimate of drug-likeness (QED) is 0.558. The van der Waals surface area contributed by atoms with Gasteiger partial charge in [0, 0.05) is 35.8 Å². The van der Waals surface area contributed by atoms with Gasteiger partial charge in [-0.25, -0.2) is 0 Å². The summed E-state index contributed by atoms with van der Waals surface area (Å²) >= 11 is 0. The number of rotatable bonds is 4. The van der Waals surface area contributed by atoms with Crippen LogP contribution in [0.4, 0.5) is 0 Å². The van der Waals surface area contributed by atoms with E-state index < -0.39 is 0 Å². The molecule has 0 saturated heterocycles. The van der Waals surface area contributed by atoms with Crippen molar-refractivity contribution >= 4 is 21.7 Å². The molecule has 0 unspecified atom stereocenters. The molecular formula is C24H25N3O3. The second kappa shape index (κ2) is 7.61. The van der Waals surface area contributed by atoms with Crippen LogP contribution in [0.3, 0.4) is 0 Å². The fraction of sp³-hybridized carbons (Fsp3) is 0.333. The number of methoxy groups -OCH3 is 1. The van der Waals surface area contributed by atoms with Crippen molar-refractivity contribution in [3.8, 4) is 11.4 Å². The van der Waals surface area contributed by atoms with E-state index in [1.54, 1.807) is 17.9 Å². The summed E-state index contributed by atoms with van der Waals surface area (Å²) in [6, 6.07) is 13.8. The fourth-order valence-electron chi connectivity index (χ4n) is 4.57. The third-order valence-electron chi connectivity index (χ3n) is 6.34. The number of hydrogen-bond acceptors (Lipinski definition) is 4. The van der Waals surface area contributed by atoms with Gasteiger partial charge in [-0.3, -0.25) is 14.0 Å². The lowest BCUT2D eigenvalue weighted by molar-refractivity contribution is 0.165. The maximum absolute atomic E-state index is 13.1. The molecule has 30 heavy (non-hydrogen) atoms. The molecule has 6 heteroatoms. The zero-order chi connectivity index (χ0) is 20.7. The lowest BCUT2D eigenvalue weighted by Gasteiger charge is -2.27. The molecule has 5 rings (SSSR count). The molecule has 1 N–H and O–H groups in total. The minimum absolute atomic E-state index is 0.0690. The Labute approximate surface area is 174 Å². The van der Waals surface area contributed by atoms with Gasteiger partial charge in [-0.15, -0.1) is 0 Å². The molecule has 0 spiro atoms. The third-order valence-corrected chi connectivity index (χ3v) is 6.34. The molecule has 6 nitrogen and oxygen atoms in total. The van der Waals surface area contributed by atoms with Gasteiger partial charge in [0.25, 0.3) is 5.56 Å². The highest BCUT2D eigenvalue weighted by Crippen LogP contribution is 2.34. The van der Waals surface area contributed by atoms with Crippen LogP contribution in [0, 0.1) is 5.92 Å². The van der Waals surface area contributed by atoms with Crippen molar-refractivity contribution in [3.63, 3.8) is 0 Å². The Kier molecular flexibility index (Phi) is 4.79. The second-order valence-corrected chi connectivity index (χ2v) is 8.13. The molecule has 4 aromatic rings. The Morgan fingerprint density at radius 2 is 1.90 bits per heavy atom. The Morgan fingerprint density at radius 1 is 1.10 bits per heavy atom. The van der Waals surface area contributed by atoms with Crippen LogP contribution in [0.2, 0.25) is 0 Å². The van der Waals surface area contributed by atoms with E-state index in [4.69, 9.17) is 9.84 Å². The summed E-state index contributed by atoms with van der Waals surface area (Å²) in [5, 5.41) is 16.8. The van der Waals surface area contributed by atoms with Crippen molar-refractivity contribution in [2.75, 3.05) is 13.7 Å². The summed E-state index contributed by atoms with van der Waals surface area (Å²) in [6.07, 6.45) is 7.96. The Balaban J connectivity index is 1.58. The predicted molar refractivity (Wildman–Crippen MR) is 117 cm³/mol. The van der Waals surface area contributed by atoms with E-state index in [1.807, 2.05) is 47.1 Å². The van der Waals surface area contributed by atoms with Crippen LogP contribution in [0.5, 0.6) is 5.75 Å². The van der Waals surface area contributed by atoms with Crippen LogP contribution in [-0.2, 0) is 0 Å². The molecule has 2 heterocycles. The number of hydrogen-bond donors (Lipinski definition) is 1. The van der Waals surface area contributed by atoms with Crippen LogP contribution in [0.15, 0.2) is 59.7 Å². The summed E-state index contributed by atoms with van der Waals surface area (Å²) in [5.41, 5.74) is 1.50. The van der Waals surface area contributed by atoms with Gasteiger partial charge < -0.3 is 9.84 Å². The van der Waals surface area contributed by atoms with Crippen molar-refractivity contribution in [1.29, 1.82) is 0 Å². The maximum Gasteiger partial charge on any atom is 0.263 e. The molecule has 1 fully saturated rings. The maximum atomic E-state index is 13.1. The van der Waals surface area contributed by atoms with E-state index in [1.165, 1.54) is 0 Å². The molecule has 154 valence electrons. The number of nitrogens with zero attached hydrogens (tertiary/aromatic N) is 3. The normalized spacial score (nSPS) is 19.4. The van der Waals surface area contributed by atoms with Gasteiger partial charge >= 0.3 is 0 Å². The predicted octanol–water partition coefficient (Wildman–Crippen LogP) is 4.07. The number of fused-ring (bicyclic) bond motifs is 2. The molecule has 0 atom stereocenters. The summed E-state index contributed by atoms with van der Waals surface area (Å²) in [4.78, 5) is 13.1. The third kappa shape index (κ3) is 3.17. The molecule has 0 amide bonds. The van der Waals surface area contributed by atoms with Crippen LogP contribution >= 0.6 is 0 Å². The van der Waals surface area contributed by atoms with Crippen LogP contribution < -0.4 is 10.3 Å². The first kappa shape index (κ1) is 18.9. The van der Waals surface area contributed by atoms with Gasteiger partial charge in [0.2, 0.25) is 0 Å². The van der Waals surface area contributed by atoms with Crippen LogP contribution in [0.25, 0.3) is 27.4 Å². The van der Waals surface area contributed by atoms with E-state index in [0.717, 1.165) is 42.0 Å². The van der Waals surface area contributed by atoms with Crippen molar-refractivity contribution < 1.29 is 9.84 Å². The van der Waals surface area contributed by atoms with E-state index in [-0.39, 0.29) is 12.2 Å². The fourth-order valence-corrected chi connectivity index (χ4v) is 4.57. The van der Waals surface area contributed by atoms with Gasteiger partial charge in [0.1, 0.15) is 5.75 Å². The Hall–Kier alpha value is -3.12. The summed E-state index contributed by atoms with van der Waals surface area (Å²) in [6.45, 7) is 0.273. The van der Waals surface area contributed by atoms with Crippen LogP contribution in [0.1, 0.15) is 31.7 Å². The topological polar surface area (TPSA) is 69.3 Å². The zero-order valence-electron chi connectivity index (χ0n) is 17.0. The first-order chi connectivity index (χ1) is 14.7. The van der Waals surface area contributed by atoms with Crippen molar-refractivity contribution in [2.45, 2.75) is 31.7 Å². The van der Waals surface area contributed by atoms with Gasteiger partial charge in [-0.05, 0) is 55.2 Å². The molecule has 0 bridgehead atoms. The molecule has 2 aromatic heterocycles. The monoisotopic (exact) mass is 403 g/mol.